The van der Waals surface area contributed by atoms with Crippen LogP contribution in [-0.4, -0.2) is 16.4 Å². The molecule has 0 spiro atoms. The number of carbonyl (C=O) groups excluding carboxylic acids is 1. The molecule has 0 atom stereocenters. The quantitative estimate of drug-likeness (QED) is 0.783. The Morgan fingerprint density at radius 3 is 2.26 bits per heavy atom. The smallest absolute Gasteiger partial charge is 0.223 e. The van der Waals surface area contributed by atoms with E-state index < -0.39 is 5.54 Å². The topological polar surface area (TPSA) is 55.1 Å². The molecule has 0 aliphatic heterocycles. The van der Waals surface area contributed by atoms with Gasteiger partial charge in [-0.25, -0.2) is 0 Å². The molecule has 2 saturated carbocycles. The first-order valence-electron chi connectivity index (χ1n) is 7.65. The summed E-state index contributed by atoms with van der Waals surface area (Å²) in [4.78, 5) is 12.9. The third-order valence-electron chi connectivity index (χ3n) is 4.93. The molecule has 2 rings (SSSR count). The van der Waals surface area contributed by atoms with Gasteiger partial charge in [0, 0.05) is 5.92 Å². The van der Waals surface area contributed by atoms with E-state index in [0.717, 1.165) is 57.3 Å². The Hall–Kier alpha value is -0.640. The first-order chi connectivity index (χ1) is 9.03. The lowest BCUT2D eigenvalue weighted by Gasteiger charge is -2.39. The van der Waals surface area contributed by atoms with Gasteiger partial charge in [0.1, 0.15) is 0 Å². The zero-order chi connectivity index (χ0) is 13.9. The molecule has 4 heteroatoms. The molecule has 0 heterocycles. The predicted octanol–water partition coefficient (Wildman–Crippen LogP) is 2.92. The fraction of sp³-hybridized carbons (Fsp3) is 0.867. The number of hydrogen-bond donors (Lipinski definition) is 2. The van der Waals surface area contributed by atoms with Gasteiger partial charge in [0.25, 0.3) is 0 Å². The average molecular weight is 282 g/mol. The average Bonchev–Trinajstić information content (AvgIpc) is 2.40. The summed E-state index contributed by atoms with van der Waals surface area (Å²) >= 11 is 5.23. The van der Waals surface area contributed by atoms with Gasteiger partial charge in [0.05, 0.1) is 10.5 Å². The van der Waals surface area contributed by atoms with Gasteiger partial charge in [0.2, 0.25) is 5.91 Å². The van der Waals surface area contributed by atoms with Gasteiger partial charge in [-0.1, -0.05) is 38.4 Å². The van der Waals surface area contributed by atoms with E-state index in [1.165, 1.54) is 6.42 Å². The molecule has 0 unspecified atom stereocenters. The van der Waals surface area contributed by atoms with Crippen molar-refractivity contribution in [2.24, 2.45) is 17.6 Å². The van der Waals surface area contributed by atoms with Crippen LogP contribution in [0.1, 0.15) is 64.7 Å². The van der Waals surface area contributed by atoms with Crippen LogP contribution >= 0.6 is 12.2 Å². The van der Waals surface area contributed by atoms with E-state index in [9.17, 15) is 4.79 Å². The monoisotopic (exact) mass is 282 g/mol. The maximum absolute atomic E-state index is 12.5. The summed E-state index contributed by atoms with van der Waals surface area (Å²) in [6, 6.07) is 0. The van der Waals surface area contributed by atoms with Crippen LogP contribution < -0.4 is 11.1 Å². The molecule has 0 aromatic rings. The number of hydrogen-bond acceptors (Lipinski definition) is 2. The summed E-state index contributed by atoms with van der Waals surface area (Å²) in [5.74, 6) is 1.12. The van der Waals surface area contributed by atoms with Gasteiger partial charge in [0.15, 0.2) is 0 Å². The van der Waals surface area contributed by atoms with Crippen LogP contribution in [0, 0.1) is 11.8 Å². The van der Waals surface area contributed by atoms with Crippen LogP contribution in [0.3, 0.4) is 0 Å². The number of nitrogens with one attached hydrogen (secondary N) is 1. The fourth-order valence-electron chi connectivity index (χ4n) is 3.45. The molecule has 108 valence electrons. The third kappa shape index (κ3) is 3.47. The second kappa shape index (κ2) is 6.21. The second-order valence-electron chi connectivity index (χ2n) is 6.45. The predicted molar refractivity (Wildman–Crippen MR) is 81.9 cm³/mol. The SMILES string of the molecule is CC1CCC(C(=O)NC2(C(N)=S)CCCCC2)CC1. The molecule has 1 amide bonds. The van der Waals surface area contributed by atoms with Gasteiger partial charge in [-0.15, -0.1) is 0 Å². The lowest BCUT2D eigenvalue weighted by molar-refractivity contribution is -0.127. The minimum atomic E-state index is -0.395. The van der Waals surface area contributed by atoms with E-state index in [4.69, 9.17) is 18.0 Å². The van der Waals surface area contributed by atoms with Crippen LogP contribution in [-0.2, 0) is 4.79 Å². The van der Waals surface area contributed by atoms with Gasteiger partial charge in [-0.3, -0.25) is 4.79 Å². The normalized spacial score (nSPS) is 30.6. The highest BCUT2D eigenvalue weighted by molar-refractivity contribution is 7.80. The largest absolute Gasteiger partial charge is 0.391 e. The Balaban J connectivity index is 1.97. The standard InChI is InChI=1S/C15H26N2OS/c1-11-5-7-12(8-6-11)13(18)17-15(14(16)19)9-3-2-4-10-15/h11-12H,2-10H2,1H3,(H2,16,19)(H,17,18). The van der Waals surface area contributed by atoms with Crippen LogP contribution in [0.15, 0.2) is 0 Å². The molecule has 0 radical (unpaired) electrons. The van der Waals surface area contributed by atoms with Gasteiger partial charge in [-0.2, -0.15) is 0 Å². The van der Waals surface area contributed by atoms with Crippen LogP contribution in [0.4, 0.5) is 0 Å². The number of thiocarbonyl (C=S) groups is 1. The van der Waals surface area contributed by atoms with Gasteiger partial charge < -0.3 is 11.1 Å². The molecule has 0 saturated heterocycles. The summed E-state index contributed by atoms with van der Waals surface area (Å²) in [5.41, 5.74) is 5.52. The lowest BCUT2D eigenvalue weighted by Crippen LogP contribution is -2.59. The van der Waals surface area contributed by atoms with Crippen molar-refractivity contribution in [2.45, 2.75) is 70.3 Å². The maximum Gasteiger partial charge on any atom is 0.223 e. The zero-order valence-corrected chi connectivity index (χ0v) is 12.7. The number of carbonyl (C=O) groups is 1. The number of amides is 1. The summed E-state index contributed by atoms with van der Waals surface area (Å²) in [7, 11) is 0. The molecule has 19 heavy (non-hydrogen) atoms. The Morgan fingerprint density at radius 1 is 1.16 bits per heavy atom. The first-order valence-corrected chi connectivity index (χ1v) is 8.06. The highest BCUT2D eigenvalue weighted by Gasteiger charge is 2.38. The van der Waals surface area contributed by atoms with Crippen molar-refractivity contribution in [3.05, 3.63) is 0 Å². The van der Waals surface area contributed by atoms with Crippen LogP contribution in [0.25, 0.3) is 0 Å². The summed E-state index contributed by atoms with van der Waals surface area (Å²) < 4.78 is 0. The number of nitrogens with two attached hydrogens (primary N) is 1. The molecule has 2 aliphatic rings. The molecule has 2 aliphatic carbocycles. The van der Waals surface area contributed by atoms with Crippen molar-refractivity contribution >= 4 is 23.1 Å². The van der Waals surface area contributed by atoms with Crippen molar-refractivity contribution in [3.8, 4) is 0 Å². The van der Waals surface area contributed by atoms with E-state index in [1.807, 2.05) is 0 Å². The van der Waals surface area contributed by atoms with Crippen molar-refractivity contribution in [1.29, 1.82) is 0 Å². The Labute approximate surface area is 121 Å². The molecular weight excluding hydrogens is 256 g/mol. The van der Waals surface area contributed by atoms with Gasteiger partial charge in [-0.05, 0) is 44.4 Å². The minimum Gasteiger partial charge on any atom is -0.391 e. The Kier molecular flexibility index (Phi) is 4.82. The first kappa shape index (κ1) is 14.8. The summed E-state index contributed by atoms with van der Waals surface area (Å²) in [6.45, 7) is 2.27. The van der Waals surface area contributed by atoms with E-state index in [2.05, 4.69) is 12.2 Å². The van der Waals surface area contributed by atoms with Crippen LogP contribution in [0.5, 0.6) is 0 Å². The van der Waals surface area contributed by atoms with Crippen molar-refractivity contribution in [3.63, 3.8) is 0 Å². The molecular formula is C15H26N2OS. The van der Waals surface area contributed by atoms with Gasteiger partial charge >= 0.3 is 0 Å². The van der Waals surface area contributed by atoms with Crippen molar-refractivity contribution < 1.29 is 4.79 Å². The fourth-order valence-corrected chi connectivity index (χ4v) is 3.70. The van der Waals surface area contributed by atoms with Crippen molar-refractivity contribution in [2.75, 3.05) is 0 Å². The highest BCUT2D eigenvalue weighted by Crippen LogP contribution is 2.32. The maximum atomic E-state index is 12.5. The van der Waals surface area contributed by atoms with E-state index in [-0.39, 0.29) is 11.8 Å². The van der Waals surface area contributed by atoms with E-state index in [0.29, 0.717) is 4.99 Å². The molecule has 0 aromatic carbocycles. The summed E-state index contributed by atoms with van der Waals surface area (Å²) in [6.07, 6.45) is 9.63. The Bertz CT molecular complexity index is 342. The van der Waals surface area contributed by atoms with E-state index >= 15 is 0 Å². The molecule has 0 aromatic heterocycles. The second-order valence-corrected chi connectivity index (χ2v) is 6.89. The molecule has 0 bridgehead atoms. The third-order valence-corrected chi connectivity index (χ3v) is 5.32. The Morgan fingerprint density at radius 2 is 1.74 bits per heavy atom. The minimum absolute atomic E-state index is 0.171. The van der Waals surface area contributed by atoms with Crippen LogP contribution in [0.2, 0.25) is 0 Å². The zero-order valence-electron chi connectivity index (χ0n) is 11.9. The summed E-state index contributed by atoms with van der Waals surface area (Å²) in [5, 5.41) is 3.21. The molecule has 3 N–H and O–H groups in total. The van der Waals surface area contributed by atoms with Crippen molar-refractivity contribution in [1.82, 2.24) is 5.32 Å². The lowest BCUT2D eigenvalue weighted by atomic mass is 9.79. The van der Waals surface area contributed by atoms with E-state index in [1.54, 1.807) is 0 Å². The molecule has 3 nitrogen and oxygen atoms in total. The number of rotatable bonds is 3. The highest BCUT2D eigenvalue weighted by atomic mass is 32.1. The molecule has 2 fully saturated rings.